The van der Waals surface area contributed by atoms with E-state index in [4.69, 9.17) is 15.2 Å². The first-order chi connectivity index (χ1) is 9.51. The van der Waals surface area contributed by atoms with Crippen LogP contribution < -0.4 is 5.73 Å². The second-order valence-electron chi connectivity index (χ2n) is 8.21. The summed E-state index contributed by atoms with van der Waals surface area (Å²) in [6.07, 6.45) is 8.16. The van der Waals surface area contributed by atoms with Gasteiger partial charge in [-0.25, -0.2) is 0 Å². The molecule has 1 aromatic rings. The molecule has 0 atom stereocenters. The highest BCUT2D eigenvalue weighted by Crippen LogP contribution is 2.60. The molecule has 0 saturated heterocycles. The van der Waals surface area contributed by atoms with Gasteiger partial charge in [-0.05, 0) is 70.1 Å². The molecular weight excluding hydrogens is 250 g/mol. The van der Waals surface area contributed by atoms with Crippen molar-refractivity contribution in [2.45, 2.75) is 63.2 Å². The molecule has 0 spiro atoms. The van der Waals surface area contributed by atoms with E-state index in [2.05, 4.69) is 19.0 Å². The third-order valence-corrected chi connectivity index (χ3v) is 6.03. The Bertz CT molecular complexity index is 484. The molecule has 0 aromatic carbocycles. The predicted octanol–water partition coefficient (Wildman–Crippen LogP) is 2.77. The molecule has 20 heavy (non-hydrogen) atoms. The van der Waals surface area contributed by atoms with Crippen molar-refractivity contribution in [2.24, 2.45) is 23.5 Å². The minimum absolute atomic E-state index is 0.215. The summed E-state index contributed by atoms with van der Waals surface area (Å²) in [5.74, 6) is 4.42. The lowest BCUT2D eigenvalue weighted by molar-refractivity contribution is -0.0103. The van der Waals surface area contributed by atoms with Gasteiger partial charge in [0.25, 0.3) is 0 Å². The van der Waals surface area contributed by atoms with Crippen molar-refractivity contribution in [3.63, 3.8) is 0 Å². The minimum atomic E-state index is -0.215. The lowest BCUT2D eigenvalue weighted by atomic mass is 9.49. The summed E-state index contributed by atoms with van der Waals surface area (Å²) >= 11 is 0. The molecule has 4 saturated carbocycles. The summed E-state index contributed by atoms with van der Waals surface area (Å²) in [6, 6.07) is 0. The van der Waals surface area contributed by atoms with Gasteiger partial charge in [0.05, 0.1) is 5.41 Å². The Hall–Kier alpha value is -0.900. The highest BCUT2D eigenvalue weighted by molar-refractivity contribution is 5.17. The van der Waals surface area contributed by atoms with E-state index in [0.29, 0.717) is 12.4 Å². The molecule has 0 amide bonds. The summed E-state index contributed by atoms with van der Waals surface area (Å²) < 4.78 is 5.57. The Labute approximate surface area is 120 Å². The van der Waals surface area contributed by atoms with Gasteiger partial charge in [-0.3, -0.25) is 0 Å². The van der Waals surface area contributed by atoms with E-state index in [-0.39, 0.29) is 10.8 Å². The zero-order valence-electron chi connectivity index (χ0n) is 12.6. The molecule has 0 radical (unpaired) electrons. The number of hydrogen-bond donors (Lipinski definition) is 1. The number of rotatable bonds is 3. The predicted molar refractivity (Wildman–Crippen MR) is 76.2 cm³/mol. The SMILES string of the molecule is CC(C)(CN)c1nc(C23CC4CC(CC(C4)C2)C3)no1. The average molecular weight is 275 g/mol. The van der Waals surface area contributed by atoms with Gasteiger partial charge in [-0.15, -0.1) is 0 Å². The lowest BCUT2D eigenvalue weighted by Crippen LogP contribution is -2.49. The zero-order valence-corrected chi connectivity index (χ0v) is 12.6. The molecule has 4 heteroatoms. The van der Waals surface area contributed by atoms with Crippen LogP contribution in [0.2, 0.25) is 0 Å². The zero-order chi connectivity index (χ0) is 14.0. The van der Waals surface area contributed by atoms with Crippen molar-refractivity contribution >= 4 is 0 Å². The third kappa shape index (κ3) is 1.77. The summed E-state index contributed by atoms with van der Waals surface area (Å²) in [6.45, 7) is 4.68. The van der Waals surface area contributed by atoms with Crippen LogP contribution >= 0.6 is 0 Å². The van der Waals surface area contributed by atoms with Crippen LogP contribution in [0, 0.1) is 17.8 Å². The molecule has 110 valence electrons. The molecule has 1 heterocycles. The maximum atomic E-state index is 5.83. The smallest absolute Gasteiger partial charge is 0.233 e. The van der Waals surface area contributed by atoms with Crippen molar-refractivity contribution in [3.8, 4) is 0 Å². The normalized spacial score (nSPS) is 39.5. The Morgan fingerprint density at radius 2 is 1.70 bits per heavy atom. The van der Waals surface area contributed by atoms with Crippen molar-refractivity contribution < 1.29 is 4.52 Å². The Morgan fingerprint density at radius 1 is 1.15 bits per heavy atom. The van der Waals surface area contributed by atoms with Gasteiger partial charge in [-0.2, -0.15) is 4.98 Å². The van der Waals surface area contributed by atoms with E-state index in [1.807, 2.05) is 0 Å². The van der Waals surface area contributed by atoms with E-state index < -0.39 is 0 Å². The molecule has 5 rings (SSSR count). The molecule has 0 unspecified atom stereocenters. The second-order valence-corrected chi connectivity index (χ2v) is 8.21. The topological polar surface area (TPSA) is 64.9 Å². The van der Waals surface area contributed by atoms with Crippen LogP contribution in [-0.2, 0) is 10.8 Å². The molecule has 4 nitrogen and oxygen atoms in total. The van der Waals surface area contributed by atoms with Crippen molar-refractivity contribution in [3.05, 3.63) is 11.7 Å². The number of nitrogens with two attached hydrogens (primary N) is 1. The van der Waals surface area contributed by atoms with Gasteiger partial charge in [0.2, 0.25) is 5.89 Å². The molecule has 4 fully saturated rings. The number of nitrogens with zero attached hydrogens (tertiary/aromatic N) is 2. The van der Waals surface area contributed by atoms with Gasteiger partial charge in [0.1, 0.15) is 0 Å². The molecule has 0 aliphatic heterocycles. The summed E-state index contributed by atoms with van der Waals surface area (Å²) in [4.78, 5) is 4.78. The lowest BCUT2D eigenvalue weighted by Gasteiger charge is -2.55. The van der Waals surface area contributed by atoms with Crippen LogP contribution in [-0.4, -0.2) is 16.7 Å². The van der Waals surface area contributed by atoms with E-state index >= 15 is 0 Å². The third-order valence-electron chi connectivity index (χ3n) is 6.03. The largest absolute Gasteiger partial charge is 0.339 e. The van der Waals surface area contributed by atoms with Gasteiger partial charge >= 0.3 is 0 Å². The first-order valence-electron chi connectivity index (χ1n) is 8.05. The second kappa shape index (κ2) is 4.06. The number of hydrogen-bond acceptors (Lipinski definition) is 4. The van der Waals surface area contributed by atoms with Crippen LogP contribution in [0.1, 0.15) is 64.1 Å². The van der Waals surface area contributed by atoms with Crippen LogP contribution in [0.4, 0.5) is 0 Å². The van der Waals surface area contributed by atoms with Crippen LogP contribution in [0.3, 0.4) is 0 Å². The summed E-state index contributed by atoms with van der Waals surface area (Å²) in [7, 11) is 0. The first-order valence-corrected chi connectivity index (χ1v) is 8.05. The maximum Gasteiger partial charge on any atom is 0.233 e. The van der Waals surface area contributed by atoms with E-state index in [1.54, 1.807) is 0 Å². The maximum absolute atomic E-state index is 5.83. The van der Waals surface area contributed by atoms with Crippen LogP contribution in [0.25, 0.3) is 0 Å². The summed E-state index contributed by atoms with van der Waals surface area (Å²) in [5, 5.41) is 4.38. The van der Waals surface area contributed by atoms with E-state index in [1.165, 1.54) is 38.5 Å². The van der Waals surface area contributed by atoms with Gasteiger partial charge in [0.15, 0.2) is 5.82 Å². The number of aromatic nitrogens is 2. The molecule has 4 bridgehead atoms. The first kappa shape index (κ1) is 12.8. The highest BCUT2D eigenvalue weighted by atomic mass is 16.5. The van der Waals surface area contributed by atoms with Crippen LogP contribution in [0.5, 0.6) is 0 Å². The molecule has 4 aliphatic carbocycles. The fourth-order valence-electron chi connectivity index (χ4n) is 5.19. The molecule has 1 aromatic heterocycles. The molecular formula is C16H25N3O. The monoisotopic (exact) mass is 275 g/mol. The van der Waals surface area contributed by atoms with E-state index in [9.17, 15) is 0 Å². The molecule has 2 N–H and O–H groups in total. The Balaban J connectivity index is 1.68. The fraction of sp³-hybridized carbons (Fsp3) is 0.875. The standard InChI is InChI=1S/C16H25N3O/c1-15(2,9-17)14-18-13(19-20-14)16-6-10-3-11(7-16)5-12(4-10)8-16/h10-12H,3-9,17H2,1-2H3. The highest BCUT2D eigenvalue weighted by Gasteiger charge is 2.54. The Morgan fingerprint density at radius 3 is 2.20 bits per heavy atom. The fourth-order valence-corrected chi connectivity index (χ4v) is 5.19. The van der Waals surface area contributed by atoms with Gasteiger partial charge in [-0.1, -0.05) is 5.16 Å². The minimum Gasteiger partial charge on any atom is -0.339 e. The quantitative estimate of drug-likeness (QED) is 0.921. The Kier molecular flexibility index (Phi) is 2.60. The van der Waals surface area contributed by atoms with Gasteiger partial charge in [0, 0.05) is 12.0 Å². The summed E-state index contributed by atoms with van der Waals surface area (Å²) in [5.41, 5.74) is 5.83. The van der Waals surface area contributed by atoms with Crippen molar-refractivity contribution in [1.29, 1.82) is 0 Å². The van der Waals surface area contributed by atoms with Crippen LogP contribution in [0.15, 0.2) is 4.52 Å². The van der Waals surface area contributed by atoms with Crippen molar-refractivity contribution in [2.75, 3.05) is 6.54 Å². The average Bonchev–Trinajstić information content (AvgIpc) is 2.88. The van der Waals surface area contributed by atoms with Crippen molar-refractivity contribution in [1.82, 2.24) is 10.1 Å². The van der Waals surface area contributed by atoms with Gasteiger partial charge < -0.3 is 10.3 Å². The molecule has 4 aliphatic rings. The van der Waals surface area contributed by atoms with E-state index in [0.717, 1.165) is 23.6 Å².